The van der Waals surface area contributed by atoms with Crippen molar-refractivity contribution in [2.75, 3.05) is 7.11 Å². The van der Waals surface area contributed by atoms with Crippen molar-refractivity contribution >= 4 is 34.2 Å². The second kappa shape index (κ2) is 5.60. The highest BCUT2D eigenvalue weighted by Gasteiger charge is 2.18. The molecule has 0 saturated carbocycles. The Morgan fingerprint density at radius 1 is 1.10 bits per heavy atom. The second-order valence-electron chi connectivity index (χ2n) is 4.60. The lowest BCUT2D eigenvalue weighted by molar-refractivity contribution is 0.192. The van der Waals surface area contributed by atoms with Gasteiger partial charge in [0.2, 0.25) is 0 Å². The van der Waals surface area contributed by atoms with Crippen LogP contribution in [0, 0.1) is 0 Å². The predicted molar refractivity (Wildman–Crippen MR) is 83.3 cm³/mol. The van der Waals surface area contributed by atoms with Gasteiger partial charge in [0, 0.05) is 5.39 Å². The molecule has 3 rings (SSSR count). The molecule has 2 aromatic carbocycles. The Labute approximate surface area is 131 Å². The third-order valence-electron chi connectivity index (χ3n) is 3.28. The van der Waals surface area contributed by atoms with Crippen LogP contribution in [0.15, 0.2) is 46.9 Å². The van der Waals surface area contributed by atoms with Crippen LogP contribution >= 0.6 is 23.2 Å². The van der Waals surface area contributed by atoms with E-state index in [1.807, 2.05) is 12.1 Å². The van der Waals surface area contributed by atoms with Crippen molar-refractivity contribution in [3.05, 3.63) is 63.8 Å². The zero-order valence-corrected chi connectivity index (χ0v) is 12.7. The third kappa shape index (κ3) is 2.60. The summed E-state index contributed by atoms with van der Waals surface area (Å²) < 4.78 is 10.7. The van der Waals surface area contributed by atoms with Crippen LogP contribution in [0.25, 0.3) is 11.0 Å². The Hall–Kier alpha value is -1.68. The largest absolute Gasteiger partial charge is 0.495 e. The molecule has 5 heteroatoms. The van der Waals surface area contributed by atoms with E-state index in [0.29, 0.717) is 32.7 Å². The van der Waals surface area contributed by atoms with Crippen LogP contribution < -0.4 is 4.74 Å². The van der Waals surface area contributed by atoms with Crippen molar-refractivity contribution in [3.8, 4) is 5.75 Å². The molecule has 0 aliphatic heterocycles. The molecule has 1 N–H and O–H groups in total. The molecule has 0 aliphatic rings. The molecule has 0 radical (unpaired) electrons. The molecule has 0 saturated heterocycles. The summed E-state index contributed by atoms with van der Waals surface area (Å²) in [7, 11) is 1.54. The molecule has 1 unspecified atom stereocenters. The fourth-order valence-corrected chi connectivity index (χ4v) is 2.69. The first-order chi connectivity index (χ1) is 10.1. The van der Waals surface area contributed by atoms with Gasteiger partial charge in [-0.1, -0.05) is 41.4 Å². The van der Waals surface area contributed by atoms with E-state index in [4.69, 9.17) is 32.4 Å². The first-order valence-corrected chi connectivity index (χ1v) is 7.05. The van der Waals surface area contributed by atoms with Crippen LogP contribution in [-0.2, 0) is 0 Å². The zero-order chi connectivity index (χ0) is 15.0. The van der Waals surface area contributed by atoms with Gasteiger partial charge in [0.1, 0.15) is 17.6 Å². The van der Waals surface area contributed by atoms with Crippen molar-refractivity contribution in [3.63, 3.8) is 0 Å². The summed E-state index contributed by atoms with van der Waals surface area (Å²) in [5.41, 5.74) is 1.18. The van der Waals surface area contributed by atoms with Crippen molar-refractivity contribution in [2.24, 2.45) is 0 Å². The molecule has 3 aromatic rings. The topological polar surface area (TPSA) is 42.6 Å². The average molecular weight is 323 g/mol. The lowest BCUT2D eigenvalue weighted by atomic mass is 10.1. The monoisotopic (exact) mass is 322 g/mol. The fourth-order valence-electron chi connectivity index (χ4n) is 2.20. The first-order valence-electron chi connectivity index (χ1n) is 6.29. The predicted octanol–water partition coefficient (Wildman–Crippen LogP) is 4.83. The summed E-state index contributed by atoms with van der Waals surface area (Å²) in [5, 5.41) is 12.2. The van der Waals surface area contributed by atoms with E-state index in [-0.39, 0.29) is 0 Å². The van der Waals surface area contributed by atoms with Gasteiger partial charge in [-0.3, -0.25) is 0 Å². The number of aliphatic hydroxyl groups excluding tert-OH is 1. The summed E-state index contributed by atoms with van der Waals surface area (Å²) in [6.45, 7) is 0. The van der Waals surface area contributed by atoms with Gasteiger partial charge in [-0.25, -0.2) is 0 Å². The third-order valence-corrected chi connectivity index (χ3v) is 3.87. The average Bonchev–Trinajstić information content (AvgIpc) is 2.92. The Bertz CT molecular complexity index is 795. The molecular weight excluding hydrogens is 311 g/mol. The number of hydrogen-bond acceptors (Lipinski definition) is 3. The number of halogens is 2. The van der Waals surface area contributed by atoms with Gasteiger partial charge >= 0.3 is 0 Å². The van der Waals surface area contributed by atoms with E-state index in [9.17, 15) is 5.11 Å². The van der Waals surface area contributed by atoms with Gasteiger partial charge in [0.05, 0.1) is 17.2 Å². The minimum atomic E-state index is -0.920. The molecular formula is C16H12Cl2O3. The standard InChI is InChI=1S/C16H12Cl2O3/c1-20-13-6-5-9(7-12(13)18)15(19)14-8-10-3-2-4-11(17)16(10)21-14/h2-8,15,19H,1H3. The van der Waals surface area contributed by atoms with Gasteiger partial charge in [-0.05, 0) is 29.8 Å². The quantitative estimate of drug-likeness (QED) is 0.751. The second-order valence-corrected chi connectivity index (χ2v) is 5.42. The fraction of sp³-hybridized carbons (Fsp3) is 0.125. The smallest absolute Gasteiger partial charge is 0.153 e. The van der Waals surface area contributed by atoms with Gasteiger partial charge in [0.15, 0.2) is 5.58 Å². The van der Waals surface area contributed by atoms with Gasteiger partial charge in [-0.15, -0.1) is 0 Å². The van der Waals surface area contributed by atoms with Gasteiger partial charge in [-0.2, -0.15) is 0 Å². The van der Waals surface area contributed by atoms with Crippen LogP contribution in [0.5, 0.6) is 5.75 Å². The Balaban J connectivity index is 2.01. The summed E-state index contributed by atoms with van der Waals surface area (Å²) in [5.74, 6) is 0.972. The van der Waals surface area contributed by atoms with Gasteiger partial charge < -0.3 is 14.3 Å². The van der Waals surface area contributed by atoms with Crippen LogP contribution in [0.4, 0.5) is 0 Å². The normalized spacial score (nSPS) is 12.6. The molecule has 21 heavy (non-hydrogen) atoms. The highest BCUT2D eigenvalue weighted by atomic mass is 35.5. The number of methoxy groups -OCH3 is 1. The lowest BCUT2D eigenvalue weighted by Crippen LogP contribution is -1.98. The summed E-state index contributed by atoms with van der Waals surface area (Å²) in [6.07, 6.45) is -0.920. The number of fused-ring (bicyclic) bond motifs is 1. The van der Waals surface area contributed by atoms with Gasteiger partial charge in [0.25, 0.3) is 0 Å². The number of aliphatic hydroxyl groups is 1. The number of rotatable bonds is 3. The minimum Gasteiger partial charge on any atom is -0.495 e. The maximum Gasteiger partial charge on any atom is 0.153 e. The van der Waals surface area contributed by atoms with E-state index in [2.05, 4.69) is 0 Å². The molecule has 1 atom stereocenters. The lowest BCUT2D eigenvalue weighted by Gasteiger charge is -2.10. The van der Waals surface area contributed by atoms with Crippen LogP contribution in [0.1, 0.15) is 17.4 Å². The van der Waals surface area contributed by atoms with Crippen molar-refractivity contribution in [1.82, 2.24) is 0 Å². The van der Waals surface area contributed by atoms with Crippen LogP contribution in [0.2, 0.25) is 10.0 Å². The van der Waals surface area contributed by atoms with Crippen LogP contribution in [-0.4, -0.2) is 12.2 Å². The molecule has 0 aliphatic carbocycles. The molecule has 0 bridgehead atoms. The number of hydrogen-bond donors (Lipinski definition) is 1. The maximum absolute atomic E-state index is 10.4. The number of ether oxygens (including phenoxy) is 1. The Morgan fingerprint density at radius 3 is 2.57 bits per heavy atom. The molecule has 0 amide bonds. The molecule has 0 fully saturated rings. The van der Waals surface area contributed by atoms with Crippen LogP contribution in [0.3, 0.4) is 0 Å². The molecule has 1 aromatic heterocycles. The highest BCUT2D eigenvalue weighted by Crippen LogP contribution is 2.34. The van der Waals surface area contributed by atoms with E-state index >= 15 is 0 Å². The minimum absolute atomic E-state index is 0.416. The first kappa shape index (κ1) is 14.3. The molecule has 108 valence electrons. The summed E-state index contributed by atoms with van der Waals surface area (Å²) >= 11 is 12.1. The van der Waals surface area contributed by atoms with E-state index in [0.717, 1.165) is 5.39 Å². The summed E-state index contributed by atoms with van der Waals surface area (Å²) in [4.78, 5) is 0. The number of benzene rings is 2. The zero-order valence-electron chi connectivity index (χ0n) is 11.1. The number of furan rings is 1. The van der Waals surface area contributed by atoms with E-state index < -0.39 is 6.10 Å². The molecule has 3 nitrogen and oxygen atoms in total. The molecule has 1 heterocycles. The SMILES string of the molecule is COc1ccc(C(O)c2cc3cccc(Cl)c3o2)cc1Cl. The van der Waals surface area contributed by atoms with Crippen molar-refractivity contribution in [1.29, 1.82) is 0 Å². The Kier molecular flexibility index (Phi) is 3.81. The summed E-state index contributed by atoms with van der Waals surface area (Å²) in [6, 6.07) is 12.3. The highest BCUT2D eigenvalue weighted by molar-refractivity contribution is 6.34. The van der Waals surface area contributed by atoms with E-state index in [1.54, 1.807) is 37.4 Å². The number of para-hydroxylation sites is 1. The van der Waals surface area contributed by atoms with Crippen molar-refractivity contribution < 1.29 is 14.3 Å². The Morgan fingerprint density at radius 2 is 1.90 bits per heavy atom. The molecule has 0 spiro atoms. The van der Waals surface area contributed by atoms with E-state index in [1.165, 1.54) is 0 Å². The van der Waals surface area contributed by atoms with Crippen molar-refractivity contribution in [2.45, 2.75) is 6.10 Å². The maximum atomic E-state index is 10.4.